The van der Waals surface area contributed by atoms with Gasteiger partial charge in [-0.1, -0.05) is 12.1 Å². The van der Waals surface area contributed by atoms with Crippen molar-refractivity contribution >= 4 is 16.9 Å². The first-order valence-electron chi connectivity index (χ1n) is 11.9. The van der Waals surface area contributed by atoms with E-state index in [1.165, 1.54) is 0 Å². The van der Waals surface area contributed by atoms with Crippen LogP contribution in [0.25, 0.3) is 22.2 Å². The molecular formula is C29H31NO7. The van der Waals surface area contributed by atoms with Crippen LogP contribution < -0.4 is 23.7 Å². The van der Waals surface area contributed by atoms with Gasteiger partial charge in [0.25, 0.3) is 0 Å². The number of hydrogen-bond donors (Lipinski definition) is 0. The van der Waals surface area contributed by atoms with Crippen LogP contribution in [0.3, 0.4) is 0 Å². The average Bonchev–Trinajstić information content (AvgIpc) is 3.29. The molecule has 0 bridgehead atoms. The van der Waals surface area contributed by atoms with E-state index < -0.39 is 5.97 Å². The predicted octanol–water partition coefficient (Wildman–Crippen LogP) is 5.33. The van der Waals surface area contributed by atoms with Gasteiger partial charge in [0.1, 0.15) is 18.1 Å². The van der Waals surface area contributed by atoms with Gasteiger partial charge in [-0.15, -0.1) is 0 Å². The molecule has 0 saturated heterocycles. The Morgan fingerprint density at radius 1 is 0.784 bits per heavy atom. The second-order valence-corrected chi connectivity index (χ2v) is 8.21. The van der Waals surface area contributed by atoms with Gasteiger partial charge in [-0.25, -0.2) is 4.79 Å². The summed E-state index contributed by atoms with van der Waals surface area (Å²) in [4.78, 5) is 11.9. The summed E-state index contributed by atoms with van der Waals surface area (Å²) in [5.74, 6) is 2.51. The molecule has 0 unspecified atom stereocenters. The second-order valence-electron chi connectivity index (χ2n) is 8.21. The number of esters is 1. The molecule has 1 aromatic heterocycles. The van der Waals surface area contributed by atoms with Crippen LogP contribution in [0.4, 0.5) is 0 Å². The smallest absolute Gasteiger partial charge is 0.337 e. The molecule has 1 heterocycles. The van der Waals surface area contributed by atoms with Gasteiger partial charge in [-0.05, 0) is 61.0 Å². The Kier molecular flexibility index (Phi) is 8.20. The number of hydrogen-bond acceptors (Lipinski definition) is 7. The van der Waals surface area contributed by atoms with Crippen LogP contribution in [-0.4, -0.2) is 52.2 Å². The monoisotopic (exact) mass is 505 g/mol. The Labute approximate surface area is 216 Å². The maximum absolute atomic E-state index is 11.9. The number of carbonyl (C=O) groups is 1. The third kappa shape index (κ3) is 5.65. The molecule has 194 valence electrons. The molecule has 0 atom stereocenters. The quantitative estimate of drug-likeness (QED) is 0.201. The van der Waals surface area contributed by atoms with Crippen LogP contribution in [-0.2, 0) is 16.1 Å². The van der Waals surface area contributed by atoms with E-state index in [9.17, 15) is 4.79 Å². The number of fused-ring (bicyclic) bond motifs is 1. The Bertz CT molecular complexity index is 1350. The van der Waals surface area contributed by atoms with Gasteiger partial charge in [0, 0.05) is 35.3 Å². The normalized spacial score (nSPS) is 10.8. The number of aromatic nitrogens is 1. The Hall–Kier alpha value is -4.17. The van der Waals surface area contributed by atoms with Crippen molar-refractivity contribution in [1.29, 1.82) is 0 Å². The lowest BCUT2D eigenvalue weighted by Crippen LogP contribution is -2.15. The zero-order chi connectivity index (χ0) is 26.4. The number of nitrogens with zero attached hydrogens (tertiary/aromatic N) is 1. The third-order valence-corrected chi connectivity index (χ3v) is 5.99. The molecular weight excluding hydrogens is 474 g/mol. The summed E-state index contributed by atoms with van der Waals surface area (Å²) in [5.41, 5.74) is 3.95. The van der Waals surface area contributed by atoms with Gasteiger partial charge in [-0.2, -0.15) is 0 Å². The zero-order valence-electron chi connectivity index (χ0n) is 21.7. The van der Waals surface area contributed by atoms with Crippen molar-refractivity contribution in [2.24, 2.45) is 0 Å². The molecule has 37 heavy (non-hydrogen) atoms. The van der Waals surface area contributed by atoms with Crippen molar-refractivity contribution in [3.05, 3.63) is 66.2 Å². The van der Waals surface area contributed by atoms with E-state index >= 15 is 0 Å². The molecule has 0 amide bonds. The minimum Gasteiger partial charge on any atom is -0.497 e. The van der Waals surface area contributed by atoms with Gasteiger partial charge < -0.3 is 33.0 Å². The average molecular weight is 506 g/mol. The fraction of sp³-hybridized carbons (Fsp3) is 0.276. The van der Waals surface area contributed by atoms with Gasteiger partial charge in [0.2, 0.25) is 5.75 Å². The van der Waals surface area contributed by atoms with E-state index in [0.717, 1.165) is 33.5 Å². The first kappa shape index (κ1) is 25.9. The van der Waals surface area contributed by atoms with E-state index in [0.29, 0.717) is 36.1 Å². The molecule has 0 saturated carbocycles. The van der Waals surface area contributed by atoms with Gasteiger partial charge in [-0.3, -0.25) is 0 Å². The summed E-state index contributed by atoms with van der Waals surface area (Å²) in [6.45, 7) is 2.79. The van der Waals surface area contributed by atoms with E-state index in [-0.39, 0.29) is 6.61 Å². The maximum Gasteiger partial charge on any atom is 0.337 e. The van der Waals surface area contributed by atoms with E-state index in [1.54, 1.807) is 40.6 Å². The molecule has 0 fully saturated rings. The van der Waals surface area contributed by atoms with E-state index in [2.05, 4.69) is 10.6 Å². The van der Waals surface area contributed by atoms with Crippen molar-refractivity contribution in [2.45, 2.75) is 13.5 Å². The summed E-state index contributed by atoms with van der Waals surface area (Å²) in [6, 6.07) is 19.4. The summed E-state index contributed by atoms with van der Waals surface area (Å²) in [7, 11) is 6.44. The fourth-order valence-electron chi connectivity index (χ4n) is 4.21. The molecule has 0 radical (unpaired) electrons. The van der Waals surface area contributed by atoms with Gasteiger partial charge >= 0.3 is 5.97 Å². The summed E-state index contributed by atoms with van der Waals surface area (Å²) in [5, 5.41) is 1.03. The minimum atomic E-state index is -0.426. The van der Waals surface area contributed by atoms with Crippen LogP contribution in [0.2, 0.25) is 0 Å². The molecule has 0 N–H and O–H groups in total. The van der Waals surface area contributed by atoms with Crippen molar-refractivity contribution in [1.82, 2.24) is 4.57 Å². The highest BCUT2D eigenvalue weighted by atomic mass is 16.6. The van der Waals surface area contributed by atoms with Gasteiger partial charge in [0.15, 0.2) is 11.5 Å². The Morgan fingerprint density at radius 2 is 1.46 bits per heavy atom. The standard InChI is InChI=1S/C29H31NO7/c1-6-36-18-28(31)37-22-9-7-19(8-10-22)17-30-24-12-11-23(32-2)13-20(24)14-25(30)21-15-26(33-3)29(35-5)27(16-21)34-4/h7-16H,6,17-18H2,1-5H3. The number of ether oxygens (including phenoxy) is 6. The molecule has 0 aliphatic heterocycles. The fourth-order valence-corrected chi connectivity index (χ4v) is 4.21. The number of benzene rings is 3. The van der Waals surface area contributed by atoms with Crippen LogP contribution in [0.1, 0.15) is 12.5 Å². The Balaban J connectivity index is 1.74. The molecule has 0 aliphatic rings. The highest BCUT2D eigenvalue weighted by Gasteiger charge is 2.18. The first-order valence-corrected chi connectivity index (χ1v) is 11.9. The molecule has 0 aliphatic carbocycles. The van der Waals surface area contributed by atoms with E-state index in [4.69, 9.17) is 28.4 Å². The molecule has 8 nitrogen and oxygen atoms in total. The third-order valence-electron chi connectivity index (χ3n) is 5.99. The lowest BCUT2D eigenvalue weighted by atomic mass is 10.1. The molecule has 8 heteroatoms. The highest BCUT2D eigenvalue weighted by Crippen LogP contribution is 2.42. The highest BCUT2D eigenvalue weighted by molar-refractivity contribution is 5.89. The summed E-state index contributed by atoms with van der Waals surface area (Å²) in [6.07, 6.45) is 0. The molecule has 4 rings (SSSR count). The topological polar surface area (TPSA) is 77.4 Å². The lowest BCUT2D eigenvalue weighted by molar-refractivity contribution is -0.139. The number of methoxy groups -OCH3 is 4. The van der Waals surface area contributed by atoms with Crippen molar-refractivity contribution < 1.29 is 33.2 Å². The van der Waals surface area contributed by atoms with Crippen molar-refractivity contribution in [3.8, 4) is 40.0 Å². The second kappa shape index (κ2) is 11.7. The van der Waals surface area contributed by atoms with Crippen molar-refractivity contribution in [2.75, 3.05) is 41.7 Å². The van der Waals surface area contributed by atoms with Crippen LogP contribution in [0.15, 0.2) is 60.7 Å². The minimum absolute atomic E-state index is 0.0742. The predicted molar refractivity (Wildman–Crippen MR) is 141 cm³/mol. The Morgan fingerprint density at radius 3 is 2.05 bits per heavy atom. The summed E-state index contributed by atoms with van der Waals surface area (Å²) < 4.78 is 34.8. The van der Waals surface area contributed by atoms with Crippen LogP contribution in [0, 0.1) is 0 Å². The SMILES string of the molecule is CCOCC(=O)Oc1ccc(Cn2c(-c3cc(OC)c(OC)c(OC)c3)cc3cc(OC)ccc32)cc1. The zero-order valence-corrected chi connectivity index (χ0v) is 21.7. The molecule has 3 aromatic carbocycles. The molecule has 0 spiro atoms. The van der Waals surface area contributed by atoms with Gasteiger partial charge in [0.05, 0.1) is 28.4 Å². The van der Waals surface area contributed by atoms with E-state index in [1.807, 2.05) is 49.4 Å². The van der Waals surface area contributed by atoms with Crippen LogP contribution in [0.5, 0.6) is 28.7 Å². The molecule has 4 aromatic rings. The maximum atomic E-state index is 11.9. The largest absolute Gasteiger partial charge is 0.497 e. The first-order chi connectivity index (χ1) is 18.0. The van der Waals surface area contributed by atoms with Crippen LogP contribution >= 0.6 is 0 Å². The van der Waals surface area contributed by atoms with Crippen molar-refractivity contribution in [3.63, 3.8) is 0 Å². The summed E-state index contributed by atoms with van der Waals surface area (Å²) >= 11 is 0. The number of carbonyl (C=O) groups excluding carboxylic acids is 1. The lowest BCUT2D eigenvalue weighted by Gasteiger charge is -2.16. The number of rotatable bonds is 11.